The zero-order chi connectivity index (χ0) is 14.1. The molecule has 0 aliphatic heterocycles. The molecule has 0 saturated heterocycles. The van der Waals surface area contributed by atoms with Gasteiger partial charge in [-0.1, -0.05) is 26.8 Å². The highest BCUT2D eigenvalue weighted by atomic mass is 16.5. The molecule has 0 heterocycles. The van der Waals surface area contributed by atoms with Gasteiger partial charge in [0, 0.05) is 6.54 Å². The van der Waals surface area contributed by atoms with E-state index < -0.39 is 0 Å². The summed E-state index contributed by atoms with van der Waals surface area (Å²) in [5, 5.41) is 3.38. The number of nitrogens with one attached hydrogen (secondary N) is 1. The minimum atomic E-state index is 0.667. The van der Waals surface area contributed by atoms with E-state index in [0.717, 1.165) is 36.9 Å². The summed E-state index contributed by atoms with van der Waals surface area (Å²) in [5.74, 6) is 2.39. The molecule has 108 valence electrons. The van der Waals surface area contributed by atoms with E-state index in [9.17, 15) is 0 Å². The van der Waals surface area contributed by atoms with Gasteiger partial charge in [-0.25, -0.2) is 0 Å². The summed E-state index contributed by atoms with van der Waals surface area (Å²) in [7, 11) is 1.68. The van der Waals surface area contributed by atoms with Crippen LogP contribution in [0.25, 0.3) is 0 Å². The van der Waals surface area contributed by atoms with Crippen LogP contribution in [0.5, 0.6) is 11.5 Å². The maximum absolute atomic E-state index is 5.75. The first-order valence-corrected chi connectivity index (χ1v) is 7.17. The van der Waals surface area contributed by atoms with Crippen LogP contribution in [0.15, 0.2) is 18.2 Å². The average molecular weight is 265 g/mol. The zero-order valence-electron chi connectivity index (χ0n) is 12.7. The molecule has 0 unspecified atom stereocenters. The highest BCUT2D eigenvalue weighted by Gasteiger charge is 2.04. The van der Waals surface area contributed by atoms with Gasteiger partial charge in [0.05, 0.1) is 7.11 Å². The maximum atomic E-state index is 5.75. The van der Waals surface area contributed by atoms with Crippen molar-refractivity contribution in [2.24, 2.45) is 5.92 Å². The Morgan fingerprint density at radius 3 is 2.58 bits per heavy atom. The molecule has 1 aromatic rings. The first-order valence-electron chi connectivity index (χ1n) is 7.17. The van der Waals surface area contributed by atoms with Gasteiger partial charge in [0.15, 0.2) is 11.5 Å². The van der Waals surface area contributed by atoms with Gasteiger partial charge >= 0.3 is 0 Å². The lowest BCUT2D eigenvalue weighted by molar-refractivity contribution is 0.291. The van der Waals surface area contributed by atoms with Crippen LogP contribution in [0.3, 0.4) is 0 Å². The molecule has 19 heavy (non-hydrogen) atoms. The van der Waals surface area contributed by atoms with Gasteiger partial charge in [-0.3, -0.25) is 0 Å². The van der Waals surface area contributed by atoms with Crippen molar-refractivity contribution < 1.29 is 9.47 Å². The van der Waals surface area contributed by atoms with Crippen molar-refractivity contribution in [1.29, 1.82) is 0 Å². The second kappa shape index (κ2) is 8.81. The second-order valence-corrected chi connectivity index (χ2v) is 5.12. The summed E-state index contributed by atoms with van der Waals surface area (Å²) in [6.45, 7) is 9.18. The monoisotopic (exact) mass is 265 g/mol. The first-order chi connectivity index (χ1) is 9.17. The predicted molar refractivity (Wildman–Crippen MR) is 80.2 cm³/mol. The summed E-state index contributed by atoms with van der Waals surface area (Å²) >= 11 is 0. The fourth-order valence-corrected chi connectivity index (χ4v) is 1.80. The lowest BCUT2D eigenvalue weighted by Gasteiger charge is -2.12. The van der Waals surface area contributed by atoms with Crippen LogP contribution in [0.4, 0.5) is 0 Å². The topological polar surface area (TPSA) is 30.5 Å². The largest absolute Gasteiger partial charge is 0.493 e. The summed E-state index contributed by atoms with van der Waals surface area (Å²) in [6, 6.07) is 6.12. The smallest absolute Gasteiger partial charge is 0.161 e. The Balaban J connectivity index is 2.32. The molecule has 1 rings (SSSR count). The number of rotatable bonds is 9. The van der Waals surface area contributed by atoms with E-state index in [1.165, 1.54) is 12.0 Å². The van der Waals surface area contributed by atoms with Crippen molar-refractivity contribution in [3.05, 3.63) is 23.8 Å². The fourth-order valence-electron chi connectivity index (χ4n) is 1.80. The van der Waals surface area contributed by atoms with Crippen LogP contribution in [0.2, 0.25) is 0 Å². The van der Waals surface area contributed by atoms with Gasteiger partial charge in [0.1, 0.15) is 6.61 Å². The molecule has 0 aliphatic carbocycles. The number of methoxy groups -OCH3 is 1. The van der Waals surface area contributed by atoms with Crippen molar-refractivity contribution in [2.45, 2.75) is 33.6 Å². The molecule has 0 spiro atoms. The Morgan fingerprint density at radius 2 is 1.95 bits per heavy atom. The van der Waals surface area contributed by atoms with Gasteiger partial charge in [-0.05, 0) is 43.0 Å². The van der Waals surface area contributed by atoms with Crippen molar-refractivity contribution in [2.75, 3.05) is 26.8 Å². The van der Waals surface area contributed by atoms with E-state index in [-0.39, 0.29) is 0 Å². The SMILES string of the molecule is CCc1ccc(OCCNCCC(C)C)c(OC)c1. The number of hydrogen-bond donors (Lipinski definition) is 1. The van der Waals surface area contributed by atoms with Crippen LogP contribution in [-0.2, 0) is 6.42 Å². The lowest BCUT2D eigenvalue weighted by atomic mass is 10.1. The van der Waals surface area contributed by atoms with E-state index in [1.54, 1.807) is 7.11 Å². The minimum Gasteiger partial charge on any atom is -0.493 e. The number of hydrogen-bond acceptors (Lipinski definition) is 3. The first kappa shape index (κ1) is 15.8. The summed E-state index contributed by atoms with van der Waals surface area (Å²) in [5.41, 5.74) is 1.26. The second-order valence-electron chi connectivity index (χ2n) is 5.12. The molecule has 3 nitrogen and oxygen atoms in total. The maximum Gasteiger partial charge on any atom is 0.161 e. The van der Waals surface area contributed by atoms with Gasteiger partial charge in [-0.15, -0.1) is 0 Å². The van der Waals surface area contributed by atoms with E-state index in [1.807, 2.05) is 12.1 Å². The Morgan fingerprint density at radius 1 is 1.16 bits per heavy atom. The van der Waals surface area contributed by atoms with E-state index in [0.29, 0.717) is 6.61 Å². The standard InChI is InChI=1S/C16H27NO2/c1-5-14-6-7-15(16(12-14)18-4)19-11-10-17-9-8-13(2)3/h6-7,12-13,17H,5,8-11H2,1-4H3. The average Bonchev–Trinajstić information content (AvgIpc) is 2.42. The van der Waals surface area contributed by atoms with Crippen LogP contribution >= 0.6 is 0 Å². The molecule has 0 radical (unpaired) electrons. The molecule has 1 N–H and O–H groups in total. The molecule has 3 heteroatoms. The van der Waals surface area contributed by atoms with Crippen molar-refractivity contribution >= 4 is 0 Å². The molecule has 0 saturated carbocycles. The third kappa shape index (κ3) is 5.97. The summed E-state index contributed by atoms with van der Waals surface area (Å²) in [4.78, 5) is 0. The molecule has 0 amide bonds. The van der Waals surface area contributed by atoms with E-state index >= 15 is 0 Å². The number of aryl methyl sites for hydroxylation is 1. The normalized spacial score (nSPS) is 10.8. The Kier molecular flexibility index (Phi) is 7.34. The predicted octanol–water partition coefficient (Wildman–Crippen LogP) is 3.27. The molecular formula is C16H27NO2. The van der Waals surface area contributed by atoms with Crippen molar-refractivity contribution in [3.63, 3.8) is 0 Å². The Labute approximate surface area is 117 Å². The quantitative estimate of drug-likeness (QED) is 0.695. The van der Waals surface area contributed by atoms with Gasteiger partial charge < -0.3 is 14.8 Å². The van der Waals surface area contributed by atoms with Crippen LogP contribution in [0.1, 0.15) is 32.8 Å². The number of ether oxygens (including phenoxy) is 2. The van der Waals surface area contributed by atoms with Crippen LogP contribution in [-0.4, -0.2) is 26.8 Å². The van der Waals surface area contributed by atoms with Gasteiger partial charge in [0.2, 0.25) is 0 Å². The molecule has 0 aliphatic rings. The lowest BCUT2D eigenvalue weighted by Crippen LogP contribution is -2.23. The highest BCUT2D eigenvalue weighted by Crippen LogP contribution is 2.28. The van der Waals surface area contributed by atoms with Crippen LogP contribution < -0.4 is 14.8 Å². The van der Waals surface area contributed by atoms with E-state index in [2.05, 4.69) is 32.2 Å². The minimum absolute atomic E-state index is 0.667. The highest BCUT2D eigenvalue weighted by molar-refractivity contribution is 5.42. The molecular weight excluding hydrogens is 238 g/mol. The third-order valence-electron chi connectivity index (χ3n) is 3.07. The van der Waals surface area contributed by atoms with Crippen LogP contribution in [0, 0.1) is 5.92 Å². The van der Waals surface area contributed by atoms with Crippen molar-refractivity contribution in [3.8, 4) is 11.5 Å². The molecule has 0 aromatic heterocycles. The van der Waals surface area contributed by atoms with Crippen molar-refractivity contribution in [1.82, 2.24) is 5.32 Å². The molecule has 0 bridgehead atoms. The summed E-state index contributed by atoms with van der Waals surface area (Å²) in [6.07, 6.45) is 2.21. The third-order valence-corrected chi connectivity index (χ3v) is 3.07. The Bertz CT molecular complexity index is 364. The molecule has 0 fully saturated rings. The summed E-state index contributed by atoms with van der Waals surface area (Å²) < 4.78 is 11.1. The molecule has 1 aromatic carbocycles. The fraction of sp³-hybridized carbons (Fsp3) is 0.625. The molecule has 0 atom stereocenters. The van der Waals surface area contributed by atoms with Gasteiger partial charge in [-0.2, -0.15) is 0 Å². The van der Waals surface area contributed by atoms with E-state index in [4.69, 9.17) is 9.47 Å². The number of benzene rings is 1. The zero-order valence-corrected chi connectivity index (χ0v) is 12.7. The Hall–Kier alpha value is -1.22. The van der Waals surface area contributed by atoms with Gasteiger partial charge in [0.25, 0.3) is 0 Å².